The molecular weight excluding hydrogens is 289 g/mol. The van der Waals surface area contributed by atoms with Gasteiger partial charge in [0.1, 0.15) is 5.82 Å². The van der Waals surface area contributed by atoms with Crippen LogP contribution in [0.5, 0.6) is 0 Å². The Balaban J connectivity index is 1.44. The largest absolute Gasteiger partial charge is 0.356 e. The highest BCUT2D eigenvalue weighted by atomic mass is 19.1. The van der Waals surface area contributed by atoms with Crippen molar-refractivity contribution in [1.29, 1.82) is 0 Å². The average Bonchev–Trinajstić information content (AvgIpc) is 2.55. The highest BCUT2D eigenvalue weighted by Crippen LogP contribution is 2.33. The zero-order valence-corrected chi connectivity index (χ0v) is 13.3. The zero-order valence-electron chi connectivity index (χ0n) is 13.3. The minimum Gasteiger partial charge on any atom is -0.356 e. The summed E-state index contributed by atoms with van der Waals surface area (Å²) in [5.41, 5.74) is 3.60. The first-order chi connectivity index (χ1) is 11.3. The molecule has 0 fully saturated rings. The van der Waals surface area contributed by atoms with Crippen LogP contribution in [0, 0.1) is 5.82 Å². The number of fused-ring (bicyclic) bond motifs is 1. The number of rotatable bonds is 5. The van der Waals surface area contributed by atoms with Crippen molar-refractivity contribution in [2.45, 2.75) is 18.8 Å². The number of hydrogen-bond acceptors (Lipinski definition) is 1. The quantitative estimate of drug-likeness (QED) is 0.658. The number of nitrogens with zero attached hydrogens (tertiary/aromatic N) is 1. The normalized spacial score (nSPS) is 16.4. The molecule has 0 heterocycles. The molecule has 2 aromatic rings. The van der Waals surface area contributed by atoms with Crippen molar-refractivity contribution in [1.82, 2.24) is 10.6 Å². The summed E-state index contributed by atoms with van der Waals surface area (Å²) in [7, 11) is 1.76. The van der Waals surface area contributed by atoms with Gasteiger partial charge < -0.3 is 10.6 Å². The van der Waals surface area contributed by atoms with Crippen molar-refractivity contribution in [2.75, 3.05) is 20.1 Å². The SMILES string of the molecule is CN=C(NCCc1ccccc1F)NCC1Cc2ccccc21. The third-order valence-corrected chi connectivity index (χ3v) is 4.35. The van der Waals surface area contributed by atoms with Gasteiger partial charge in [-0.25, -0.2) is 4.39 Å². The molecule has 2 aromatic carbocycles. The van der Waals surface area contributed by atoms with Gasteiger partial charge in [-0.15, -0.1) is 0 Å². The number of halogens is 1. The molecule has 1 aliphatic carbocycles. The Bertz CT molecular complexity index is 697. The maximum atomic E-state index is 13.6. The Morgan fingerprint density at radius 3 is 2.70 bits per heavy atom. The van der Waals surface area contributed by atoms with E-state index in [1.807, 2.05) is 12.1 Å². The molecule has 0 aliphatic heterocycles. The number of guanidine groups is 1. The summed E-state index contributed by atoms with van der Waals surface area (Å²) in [5.74, 6) is 1.17. The van der Waals surface area contributed by atoms with Gasteiger partial charge in [0.2, 0.25) is 0 Å². The topological polar surface area (TPSA) is 36.4 Å². The van der Waals surface area contributed by atoms with Gasteiger partial charge in [0.05, 0.1) is 0 Å². The Morgan fingerprint density at radius 1 is 1.13 bits per heavy atom. The molecule has 23 heavy (non-hydrogen) atoms. The Hall–Kier alpha value is -2.36. The summed E-state index contributed by atoms with van der Waals surface area (Å²) in [4.78, 5) is 4.23. The van der Waals surface area contributed by atoms with Crippen LogP contribution in [0.3, 0.4) is 0 Å². The van der Waals surface area contributed by atoms with Crippen LogP contribution in [-0.2, 0) is 12.8 Å². The molecule has 1 unspecified atom stereocenters. The molecule has 0 bridgehead atoms. The lowest BCUT2D eigenvalue weighted by atomic mass is 9.78. The Labute approximate surface area is 136 Å². The minimum absolute atomic E-state index is 0.150. The zero-order chi connectivity index (χ0) is 16.1. The standard InChI is InChI=1S/C19H22FN3/c1-21-19(22-11-10-14-6-3-5-9-18(14)20)23-13-16-12-15-7-2-4-8-17(15)16/h2-9,16H,10-13H2,1H3,(H2,21,22,23). The number of aliphatic imine (C=N–C) groups is 1. The van der Waals surface area contributed by atoms with Crippen LogP contribution in [0.2, 0.25) is 0 Å². The van der Waals surface area contributed by atoms with Crippen molar-refractivity contribution in [2.24, 2.45) is 4.99 Å². The fraction of sp³-hybridized carbons (Fsp3) is 0.316. The molecule has 0 saturated carbocycles. The van der Waals surface area contributed by atoms with Gasteiger partial charge in [-0.1, -0.05) is 42.5 Å². The summed E-state index contributed by atoms with van der Waals surface area (Å²) in [6, 6.07) is 15.4. The molecule has 0 spiro atoms. The van der Waals surface area contributed by atoms with Crippen LogP contribution in [0.25, 0.3) is 0 Å². The fourth-order valence-corrected chi connectivity index (χ4v) is 3.00. The van der Waals surface area contributed by atoms with E-state index < -0.39 is 0 Å². The van der Waals surface area contributed by atoms with Crippen LogP contribution in [0.4, 0.5) is 4.39 Å². The number of hydrogen-bond donors (Lipinski definition) is 2. The van der Waals surface area contributed by atoms with Crippen LogP contribution in [0.15, 0.2) is 53.5 Å². The fourth-order valence-electron chi connectivity index (χ4n) is 3.00. The Kier molecular flexibility index (Phi) is 4.91. The van der Waals surface area contributed by atoms with Crippen LogP contribution >= 0.6 is 0 Å². The molecule has 0 saturated heterocycles. The van der Waals surface area contributed by atoms with Gasteiger partial charge in [0, 0.05) is 26.1 Å². The van der Waals surface area contributed by atoms with Gasteiger partial charge in [0.15, 0.2) is 5.96 Å². The lowest BCUT2D eigenvalue weighted by Gasteiger charge is -2.30. The number of nitrogens with one attached hydrogen (secondary N) is 2. The second kappa shape index (κ2) is 7.27. The van der Waals surface area contributed by atoms with E-state index in [2.05, 4.69) is 39.9 Å². The van der Waals surface area contributed by atoms with Gasteiger partial charge in [-0.05, 0) is 35.6 Å². The van der Waals surface area contributed by atoms with Crippen molar-refractivity contribution < 1.29 is 4.39 Å². The predicted octanol–water partition coefficient (Wildman–Crippen LogP) is 2.87. The van der Waals surface area contributed by atoms with Crippen LogP contribution in [-0.4, -0.2) is 26.1 Å². The van der Waals surface area contributed by atoms with Crippen molar-refractivity contribution >= 4 is 5.96 Å². The second-order valence-electron chi connectivity index (χ2n) is 5.82. The summed E-state index contributed by atoms with van der Waals surface area (Å²) in [5, 5.41) is 6.60. The van der Waals surface area contributed by atoms with E-state index in [9.17, 15) is 4.39 Å². The van der Waals surface area contributed by atoms with E-state index in [1.165, 1.54) is 17.2 Å². The van der Waals surface area contributed by atoms with E-state index in [-0.39, 0.29) is 5.82 Å². The second-order valence-corrected chi connectivity index (χ2v) is 5.82. The average molecular weight is 311 g/mol. The van der Waals surface area contributed by atoms with Crippen molar-refractivity contribution in [3.05, 3.63) is 71.0 Å². The van der Waals surface area contributed by atoms with Crippen molar-refractivity contribution in [3.8, 4) is 0 Å². The van der Waals surface area contributed by atoms with Gasteiger partial charge in [0.25, 0.3) is 0 Å². The molecule has 0 amide bonds. The smallest absolute Gasteiger partial charge is 0.191 e. The summed E-state index contributed by atoms with van der Waals surface area (Å²) in [6.45, 7) is 1.53. The molecule has 1 aliphatic rings. The maximum Gasteiger partial charge on any atom is 0.191 e. The third-order valence-electron chi connectivity index (χ3n) is 4.35. The molecule has 3 nitrogen and oxygen atoms in total. The van der Waals surface area contributed by atoms with Crippen molar-refractivity contribution in [3.63, 3.8) is 0 Å². The molecule has 2 N–H and O–H groups in total. The predicted molar refractivity (Wildman–Crippen MR) is 92.4 cm³/mol. The minimum atomic E-state index is -0.150. The molecule has 1 atom stereocenters. The summed E-state index contributed by atoms with van der Waals surface area (Å²) >= 11 is 0. The van der Waals surface area contributed by atoms with Gasteiger partial charge >= 0.3 is 0 Å². The Morgan fingerprint density at radius 2 is 1.91 bits per heavy atom. The first-order valence-electron chi connectivity index (χ1n) is 8.03. The van der Waals surface area contributed by atoms with E-state index in [0.717, 1.165) is 24.5 Å². The van der Waals surface area contributed by atoms with Gasteiger partial charge in [-0.2, -0.15) is 0 Å². The van der Waals surface area contributed by atoms with E-state index in [0.29, 0.717) is 18.9 Å². The highest BCUT2D eigenvalue weighted by Gasteiger charge is 2.25. The highest BCUT2D eigenvalue weighted by molar-refractivity contribution is 5.79. The lowest BCUT2D eigenvalue weighted by molar-refractivity contribution is 0.582. The monoisotopic (exact) mass is 311 g/mol. The molecule has 0 aromatic heterocycles. The molecule has 4 heteroatoms. The molecule has 3 rings (SSSR count). The van der Waals surface area contributed by atoms with Crippen LogP contribution in [0.1, 0.15) is 22.6 Å². The summed E-state index contributed by atoms with van der Waals surface area (Å²) < 4.78 is 13.6. The van der Waals surface area contributed by atoms with E-state index in [4.69, 9.17) is 0 Å². The third kappa shape index (κ3) is 3.70. The summed E-state index contributed by atoms with van der Waals surface area (Å²) in [6.07, 6.45) is 1.76. The van der Waals surface area contributed by atoms with E-state index >= 15 is 0 Å². The first kappa shape index (κ1) is 15.5. The van der Waals surface area contributed by atoms with Gasteiger partial charge in [-0.3, -0.25) is 4.99 Å². The molecule has 0 radical (unpaired) electrons. The van der Waals surface area contributed by atoms with Crippen LogP contribution < -0.4 is 10.6 Å². The first-order valence-corrected chi connectivity index (χ1v) is 8.03. The van der Waals surface area contributed by atoms with E-state index in [1.54, 1.807) is 13.1 Å². The molecular formula is C19H22FN3. The maximum absolute atomic E-state index is 13.6. The molecule has 120 valence electrons. The lowest BCUT2D eigenvalue weighted by Crippen LogP contribution is -2.41. The number of benzene rings is 2.